The lowest BCUT2D eigenvalue weighted by Crippen LogP contribution is -2.05. The molecule has 2 nitrogen and oxygen atoms in total. The maximum absolute atomic E-state index is 13.8. The Labute approximate surface area is 122 Å². The summed E-state index contributed by atoms with van der Waals surface area (Å²) in [6.07, 6.45) is 0. The average molecular weight is 346 g/mol. The van der Waals surface area contributed by atoms with Crippen LogP contribution in [0.5, 0.6) is 11.5 Å². The van der Waals surface area contributed by atoms with Gasteiger partial charge in [-0.1, -0.05) is 22.0 Å². The van der Waals surface area contributed by atoms with Crippen molar-refractivity contribution >= 4 is 15.9 Å². The molecule has 0 heterocycles. The van der Waals surface area contributed by atoms with Crippen molar-refractivity contribution in [2.45, 2.75) is 13.0 Å². The van der Waals surface area contributed by atoms with E-state index in [0.717, 1.165) is 6.07 Å². The van der Waals surface area contributed by atoms with Crippen molar-refractivity contribution in [3.8, 4) is 11.5 Å². The molecule has 0 fully saturated rings. The summed E-state index contributed by atoms with van der Waals surface area (Å²) >= 11 is 3.01. The van der Waals surface area contributed by atoms with Gasteiger partial charge in [0, 0.05) is 10.5 Å². The Hall–Kier alpha value is -1.53. The molecule has 2 N–H and O–H groups in total. The summed E-state index contributed by atoms with van der Waals surface area (Å²) in [6.45, 7) is 1.71. The maximum Gasteiger partial charge on any atom is 0.201 e. The molecule has 2 aromatic carbocycles. The second kappa shape index (κ2) is 5.85. The molecular formula is C14H11BrF3NO. The van der Waals surface area contributed by atoms with Crippen molar-refractivity contribution in [1.82, 2.24) is 0 Å². The average Bonchev–Trinajstić information content (AvgIpc) is 2.37. The molecule has 6 heteroatoms. The standard InChI is InChI=1S/C14H11BrF3NO/c1-7(19)8-2-3-12(10(16)4-8)20-13-6-9(15)5-11(17)14(13)18/h2-7H,19H2,1H3/t7-/m0/s1. The second-order valence-electron chi connectivity index (χ2n) is 4.28. The van der Waals surface area contributed by atoms with Crippen LogP contribution in [-0.2, 0) is 0 Å². The molecule has 20 heavy (non-hydrogen) atoms. The van der Waals surface area contributed by atoms with Gasteiger partial charge in [-0.3, -0.25) is 0 Å². The van der Waals surface area contributed by atoms with E-state index in [1.54, 1.807) is 13.0 Å². The Morgan fingerprint density at radius 3 is 2.35 bits per heavy atom. The molecule has 0 spiro atoms. The summed E-state index contributed by atoms with van der Waals surface area (Å²) < 4.78 is 45.9. The fourth-order valence-electron chi connectivity index (χ4n) is 1.61. The Morgan fingerprint density at radius 2 is 1.75 bits per heavy atom. The van der Waals surface area contributed by atoms with Crippen LogP contribution in [0.15, 0.2) is 34.8 Å². The molecule has 0 aliphatic carbocycles. The van der Waals surface area contributed by atoms with E-state index in [9.17, 15) is 13.2 Å². The normalized spacial score (nSPS) is 12.3. The summed E-state index contributed by atoms with van der Waals surface area (Å²) in [4.78, 5) is 0. The second-order valence-corrected chi connectivity index (χ2v) is 5.20. The van der Waals surface area contributed by atoms with Crippen molar-refractivity contribution in [2.75, 3.05) is 0 Å². The minimum absolute atomic E-state index is 0.203. The predicted molar refractivity (Wildman–Crippen MR) is 73.1 cm³/mol. The highest BCUT2D eigenvalue weighted by Gasteiger charge is 2.15. The first-order valence-corrected chi connectivity index (χ1v) is 6.55. The van der Waals surface area contributed by atoms with E-state index < -0.39 is 23.2 Å². The molecule has 0 amide bonds. The number of nitrogens with two attached hydrogens (primary N) is 1. The van der Waals surface area contributed by atoms with Gasteiger partial charge in [-0.15, -0.1) is 0 Å². The number of halogens is 4. The summed E-state index contributed by atoms with van der Waals surface area (Å²) in [6, 6.07) is 5.93. The predicted octanol–water partition coefficient (Wildman–Crippen LogP) is 4.68. The van der Waals surface area contributed by atoms with E-state index >= 15 is 0 Å². The summed E-state index contributed by atoms with van der Waals surface area (Å²) in [5.41, 5.74) is 6.21. The van der Waals surface area contributed by atoms with Gasteiger partial charge in [-0.25, -0.2) is 8.78 Å². The number of rotatable bonds is 3. The topological polar surface area (TPSA) is 35.2 Å². The van der Waals surface area contributed by atoms with Gasteiger partial charge in [0.2, 0.25) is 5.82 Å². The molecule has 0 unspecified atom stereocenters. The highest BCUT2D eigenvalue weighted by molar-refractivity contribution is 9.10. The van der Waals surface area contributed by atoms with Crippen molar-refractivity contribution in [1.29, 1.82) is 0 Å². The van der Waals surface area contributed by atoms with E-state index in [0.29, 0.717) is 10.0 Å². The van der Waals surface area contributed by atoms with Crippen LogP contribution < -0.4 is 10.5 Å². The summed E-state index contributed by atoms with van der Waals surface area (Å²) in [7, 11) is 0. The number of hydrogen-bond acceptors (Lipinski definition) is 2. The van der Waals surface area contributed by atoms with Gasteiger partial charge < -0.3 is 10.5 Å². The van der Waals surface area contributed by atoms with Crippen LogP contribution in [-0.4, -0.2) is 0 Å². The Bertz CT molecular complexity index is 647. The third-order valence-electron chi connectivity index (χ3n) is 2.66. The lowest BCUT2D eigenvalue weighted by atomic mass is 10.1. The van der Waals surface area contributed by atoms with Gasteiger partial charge in [0.25, 0.3) is 0 Å². The monoisotopic (exact) mass is 345 g/mol. The van der Waals surface area contributed by atoms with Crippen molar-refractivity contribution in [2.24, 2.45) is 5.73 Å². The van der Waals surface area contributed by atoms with Gasteiger partial charge in [-0.05, 0) is 36.8 Å². The number of hydrogen-bond donors (Lipinski definition) is 1. The molecule has 0 aromatic heterocycles. The molecule has 0 radical (unpaired) electrons. The van der Waals surface area contributed by atoms with Gasteiger partial charge in [-0.2, -0.15) is 4.39 Å². The molecule has 1 atom stereocenters. The Kier molecular flexibility index (Phi) is 4.35. The SMILES string of the molecule is C[C@H](N)c1ccc(Oc2cc(Br)cc(F)c2F)c(F)c1. The molecule has 0 saturated carbocycles. The van der Waals surface area contributed by atoms with E-state index in [4.69, 9.17) is 10.5 Å². The first-order valence-electron chi connectivity index (χ1n) is 5.76. The van der Waals surface area contributed by atoms with Crippen LogP contribution >= 0.6 is 15.9 Å². The van der Waals surface area contributed by atoms with Crippen molar-refractivity contribution in [3.63, 3.8) is 0 Å². The molecule has 106 valence electrons. The zero-order chi connectivity index (χ0) is 14.9. The van der Waals surface area contributed by atoms with E-state index in [-0.39, 0.29) is 11.8 Å². The first-order chi connectivity index (χ1) is 9.38. The molecule has 0 aliphatic rings. The van der Waals surface area contributed by atoms with Crippen LogP contribution in [0.25, 0.3) is 0 Å². The Morgan fingerprint density at radius 1 is 1.05 bits per heavy atom. The van der Waals surface area contributed by atoms with E-state index in [1.807, 2.05) is 0 Å². The quantitative estimate of drug-likeness (QED) is 0.819. The fourth-order valence-corrected chi connectivity index (χ4v) is 2.02. The van der Waals surface area contributed by atoms with Crippen molar-refractivity contribution in [3.05, 3.63) is 57.8 Å². The highest BCUT2D eigenvalue weighted by Crippen LogP contribution is 2.31. The zero-order valence-corrected chi connectivity index (χ0v) is 12.0. The third-order valence-corrected chi connectivity index (χ3v) is 3.12. The molecule has 0 bridgehead atoms. The van der Waals surface area contributed by atoms with Crippen LogP contribution in [0.1, 0.15) is 18.5 Å². The van der Waals surface area contributed by atoms with Crippen LogP contribution in [0, 0.1) is 17.5 Å². The minimum Gasteiger partial charge on any atom is -0.451 e. The van der Waals surface area contributed by atoms with Gasteiger partial charge in [0.1, 0.15) is 0 Å². The van der Waals surface area contributed by atoms with Crippen LogP contribution in [0.2, 0.25) is 0 Å². The van der Waals surface area contributed by atoms with Crippen LogP contribution in [0.4, 0.5) is 13.2 Å². The Balaban J connectivity index is 2.35. The molecule has 2 aromatic rings. The van der Waals surface area contributed by atoms with Gasteiger partial charge in [0.05, 0.1) is 0 Å². The smallest absolute Gasteiger partial charge is 0.201 e. The summed E-state index contributed by atoms with van der Waals surface area (Å²) in [5.74, 6) is -3.56. The number of benzene rings is 2. The zero-order valence-electron chi connectivity index (χ0n) is 10.5. The van der Waals surface area contributed by atoms with Gasteiger partial charge in [0.15, 0.2) is 23.1 Å². The molecular weight excluding hydrogens is 335 g/mol. The fraction of sp³-hybridized carbons (Fsp3) is 0.143. The largest absolute Gasteiger partial charge is 0.451 e. The number of ether oxygens (including phenoxy) is 1. The molecule has 0 saturated heterocycles. The minimum atomic E-state index is -1.18. The summed E-state index contributed by atoms with van der Waals surface area (Å²) in [5, 5.41) is 0. The van der Waals surface area contributed by atoms with E-state index in [2.05, 4.69) is 15.9 Å². The third kappa shape index (κ3) is 3.13. The maximum atomic E-state index is 13.8. The van der Waals surface area contributed by atoms with E-state index in [1.165, 1.54) is 18.2 Å². The highest BCUT2D eigenvalue weighted by atomic mass is 79.9. The van der Waals surface area contributed by atoms with Gasteiger partial charge >= 0.3 is 0 Å². The molecule has 2 rings (SSSR count). The first kappa shape index (κ1) is 14.9. The lowest BCUT2D eigenvalue weighted by Gasteiger charge is -2.11. The van der Waals surface area contributed by atoms with Crippen molar-refractivity contribution < 1.29 is 17.9 Å². The molecule has 0 aliphatic heterocycles. The lowest BCUT2D eigenvalue weighted by molar-refractivity contribution is 0.396. The van der Waals surface area contributed by atoms with Crippen LogP contribution in [0.3, 0.4) is 0 Å².